The predicted molar refractivity (Wildman–Crippen MR) is 91.2 cm³/mol. The van der Waals surface area contributed by atoms with Crippen LogP contribution >= 0.6 is 15.2 Å². The Balaban J connectivity index is 2.81. The van der Waals surface area contributed by atoms with Gasteiger partial charge in [-0.15, -0.1) is 0 Å². The van der Waals surface area contributed by atoms with Crippen LogP contribution in [0.3, 0.4) is 0 Å². The first-order valence-corrected chi connectivity index (χ1v) is 11.4. The Morgan fingerprint density at radius 1 is 0.708 bits per heavy atom. The summed E-state index contributed by atoms with van der Waals surface area (Å²) in [5.41, 5.74) is 0.957. The molecule has 0 atom stereocenters. The van der Waals surface area contributed by atoms with Gasteiger partial charge in [0.2, 0.25) is 0 Å². The van der Waals surface area contributed by atoms with E-state index >= 15 is 0 Å². The lowest BCUT2D eigenvalue weighted by Crippen LogP contribution is -2.04. The van der Waals surface area contributed by atoms with Crippen LogP contribution in [0.2, 0.25) is 0 Å². The highest BCUT2D eigenvalue weighted by molar-refractivity contribution is 7.53. The van der Waals surface area contributed by atoms with Gasteiger partial charge in [-0.2, -0.15) is 0 Å². The lowest BCUT2D eigenvalue weighted by atomic mass is 10.4. The van der Waals surface area contributed by atoms with E-state index < -0.39 is 15.2 Å². The molecule has 138 valence electrons. The zero-order valence-electron chi connectivity index (χ0n) is 14.6. The standard InChI is InChI=1S/C14H26N2O6P2/c1-5-19-23(17,20-6-2)11-13-9-16-14(10-15-13)12-24(18,21-7-3)22-8-4/h9-10H,5-8,11-12H2,1-4H3. The van der Waals surface area contributed by atoms with Crippen LogP contribution in [0, 0.1) is 0 Å². The Kier molecular flexibility index (Phi) is 9.27. The molecule has 0 bridgehead atoms. The smallest absolute Gasteiger partial charge is 0.309 e. The third kappa shape index (κ3) is 7.09. The van der Waals surface area contributed by atoms with Crippen LogP contribution in [-0.4, -0.2) is 36.4 Å². The number of hydrogen-bond donors (Lipinski definition) is 0. The number of aromatic nitrogens is 2. The van der Waals surface area contributed by atoms with E-state index in [2.05, 4.69) is 9.97 Å². The molecule has 24 heavy (non-hydrogen) atoms. The van der Waals surface area contributed by atoms with E-state index in [1.807, 2.05) is 0 Å². The van der Waals surface area contributed by atoms with Crippen molar-refractivity contribution in [3.8, 4) is 0 Å². The highest BCUT2D eigenvalue weighted by Crippen LogP contribution is 2.52. The van der Waals surface area contributed by atoms with Gasteiger partial charge in [-0.3, -0.25) is 19.1 Å². The van der Waals surface area contributed by atoms with Crippen LogP contribution in [0.4, 0.5) is 0 Å². The molecule has 0 radical (unpaired) electrons. The van der Waals surface area contributed by atoms with Crippen molar-refractivity contribution < 1.29 is 27.2 Å². The largest absolute Gasteiger partial charge is 0.336 e. The van der Waals surface area contributed by atoms with E-state index in [0.29, 0.717) is 11.4 Å². The van der Waals surface area contributed by atoms with Crippen molar-refractivity contribution in [1.82, 2.24) is 9.97 Å². The van der Waals surface area contributed by atoms with Gasteiger partial charge < -0.3 is 18.1 Å². The van der Waals surface area contributed by atoms with E-state index in [9.17, 15) is 9.13 Å². The summed E-state index contributed by atoms with van der Waals surface area (Å²) in [6.45, 7) is 8.14. The van der Waals surface area contributed by atoms with Gasteiger partial charge in [0.1, 0.15) is 0 Å². The topological polar surface area (TPSA) is 96.8 Å². The molecule has 8 nitrogen and oxygen atoms in total. The van der Waals surface area contributed by atoms with Crippen molar-refractivity contribution >= 4 is 15.2 Å². The molecule has 0 saturated carbocycles. The summed E-state index contributed by atoms with van der Waals surface area (Å²) in [4.78, 5) is 8.41. The monoisotopic (exact) mass is 380 g/mol. The summed E-state index contributed by atoms with van der Waals surface area (Å²) in [6, 6.07) is 0. The molecule has 0 unspecified atom stereocenters. The summed E-state index contributed by atoms with van der Waals surface area (Å²) in [5, 5.41) is 0. The van der Waals surface area contributed by atoms with Gasteiger partial charge in [0.15, 0.2) is 0 Å². The van der Waals surface area contributed by atoms with Gasteiger partial charge in [-0.05, 0) is 27.7 Å². The molecule has 1 rings (SSSR count). The van der Waals surface area contributed by atoms with Gasteiger partial charge in [-0.25, -0.2) is 0 Å². The van der Waals surface area contributed by atoms with Gasteiger partial charge in [0.25, 0.3) is 0 Å². The summed E-state index contributed by atoms with van der Waals surface area (Å²) in [7, 11) is -6.45. The highest BCUT2D eigenvalue weighted by atomic mass is 31.2. The summed E-state index contributed by atoms with van der Waals surface area (Å²) in [5.74, 6) is 0. The van der Waals surface area contributed by atoms with Crippen LogP contribution < -0.4 is 0 Å². The molecule has 1 aromatic heterocycles. The molecule has 0 aliphatic carbocycles. The third-order valence-electron chi connectivity index (χ3n) is 2.77. The molecule has 0 N–H and O–H groups in total. The molecule has 0 saturated heterocycles. The molecule has 0 aliphatic heterocycles. The first-order chi connectivity index (χ1) is 11.4. The number of rotatable bonds is 12. The second-order valence-electron chi connectivity index (χ2n) is 4.71. The molecule has 1 aromatic rings. The molecule has 0 fully saturated rings. The molecule has 0 spiro atoms. The molecular formula is C14H26N2O6P2. The minimum atomic E-state index is -3.23. The Labute approximate surface area is 143 Å². The summed E-state index contributed by atoms with van der Waals surface area (Å²) < 4.78 is 45.9. The highest BCUT2D eigenvalue weighted by Gasteiger charge is 2.27. The maximum absolute atomic E-state index is 12.5. The second-order valence-corrected chi connectivity index (χ2v) is 8.82. The number of nitrogens with zero attached hydrogens (tertiary/aromatic N) is 2. The predicted octanol–water partition coefficient (Wildman–Crippen LogP) is 4.01. The molecule has 0 aromatic carbocycles. The fraction of sp³-hybridized carbons (Fsp3) is 0.714. The van der Waals surface area contributed by atoms with Crippen LogP contribution in [0.5, 0.6) is 0 Å². The summed E-state index contributed by atoms with van der Waals surface area (Å²) >= 11 is 0. The van der Waals surface area contributed by atoms with Crippen molar-refractivity contribution in [2.24, 2.45) is 0 Å². The first kappa shape index (κ1) is 21.4. The van der Waals surface area contributed by atoms with Crippen LogP contribution in [0.25, 0.3) is 0 Å². The van der Waals surface area contributed by atoms with Gasteiger partial charge >= 0.3 is 15.2 Å². The van der Waals surface area contributed by atoms with Crippen LogP contribution in [-0.2, 0) is 39.5 Å². The van der Waals surface area contributed by atoms with Crippen LogP contribution in [0.1, 0.15) is 39.1 Å². The molecule has 0 aliphatic rings. The van der Waals surface area contributed by atoms with Crippen molar-refractivity contribution in [3.63, 3.8) is 0 Å². The van der Waals surface area contributed by atoms with Crippen LogP contribution in [0.15, 0.2) is 12.4 Å². The fourth-order valence-electron chi connectivity index (χ4n) is 1.99. The van der Waals surface area contributed by atoms with Crippen molar-refractivity contribution in [1.29, 1.82) is 0 Å². The quantitative estimate of drug-likeness (QED) is 0.502. The minimum absolute atomic E-state index is 0.0382. The minimum Gasteiger partial charge on any atom is -0.309 e. The van der Waals surface area contributed by atoms with Crippen molar-refractivity contribution in [2.75, 3.05) is 26.4 Å². The van der Waals surface area contributed by atoms with E-state index in [0.717, 1.165) is 0 Å². The van der Waals surface area contributed by atoms with E-state index in [1.54, 1.807) is 27.7 Å². The zero-order chi connectivity index (χ0) is 18.1. The lowest BCUT2D eigenvalue weighted by molar-refractivity contribution is 0.217. The van der Waals surface area contributed by atoms with Gasteiger partial charge in [0, 0.05) is 12.4 Å². The SMILES string of the molecule is CCOP(=O)(Cc1cnc(CP(=O)(OCC)OCC)cn1)OCC. The van der Waals surface area contributed by atoms with E-state index in [4.69, 9.17) is 18.1 Å². The zero-order valence-corrected chi connectivity index (χ0v) is 16.4. The maximum Gasteiger partial charge on any atom is 0.336 e. The Morgan fingerprint density at radius 3 is 1.21 bits per heavy atom. The Hall–Kier alpha value is -0.620. The molecule has 1 heterocycles. The van der Waals surface area contributed by atoms with Crippen molar-refractivity contribution in [3.05, 3.63) is 23.8 Å². The lowest BCUT2D eigenvalue weighted by Gasteiger charge is -2.17. The molecular weight excluding hydrogens is 354 g/mol. The average Bonchev–Trinajstić information content (AvgIpc) is 2.50. The van der Waals surface area contributed by atoms with E-state index in [-0.39, 0.29) is 38.8 Å². The normalized spacial score (nSPS) is 12.5. The first-order valence-electron chi connectivity index (χ1n) is 7.96. The van der Waals surface area contributed by atoms with Gasteiger partial charge in [-0.1, -0.05) is 0 Å². The maximum atomic E-state index is 12.5. The van der Waals surface area contributed by atoms with Crippen molar-refractivity contribution in [2.45, 2.75) is 40.0 Å². The Bertz CT molecular complexity index is 510. The second kappa shape index (κ2) is 10.4. The average molecular weight is 380 g/mol. The van der Waals surface area contributed by atoms with Gasteiger partial charge in [0.05, 0.1) is 50.1 Å². The summed E-state index contributed by atoms with van der Waals surface area (Å²) in [6.07, 6.45) is 3.03. The van der Waals surface area contributed by atoms with E-state index in [1.165, 1.54) is 12.4 Å². The fourth-order valence-corrected chi connectivity index (χ4v) is 5.19. The molecule has 0 amide bonds. The third-order valence-corrected chi connectivity index (χ3v) is 6.80. The molecule has 10 heteroatoms. The number of hydrogen-bond acceptors (Lipinski definition) is 8. The Morgan fingerprint density at radius 2 is 1.00 bits per heavy atom.